The van der Waals surface area contributed by atoms with Crippen LogP contribution in [0.4, 0.5) is 0 Å². The number of hydrogen-bond donors (Lipinski definition) is 2. The fourth-order valence-corrected chi connectivity index (χ4v) is 2.49. The van der Waals surface area contributed by atoms with Gasteiger partial charge in [-0.05, 0) is 19.4 Å². The fraction of sp³-hybridized carbons (Fsp3) is 0.308. The Labute approximate surface area is 114 Å². The number of carbonyl (C=O) groups is 1. The molecule has 0 aliphatic rings. The van der Waals surface area contributed by atoms with E-state index in [0.29, 0.717) is 5.56 Å². The number of nitrogens with zero attached hydrogens (tertiary/aromatic N) is 1. The fourth-order valence-electron chi connectivity index (χ4n) is 1.66. The maximum absolute atomic E-state index is 12.2. The molecular weight excluding hydrogens is 262 g/mol. The molecule has 2 rings (SSSR count). The number of hydrogen-bond acceptors (Lipinski definition) is 4. The van der Waals surface area contributed by atoms with Gasteiger partial charge in [0.25, 0.3) is 5.91 Å². The first-order valence-corrected chi connectivity index (χ1v) is 6.84. The van der Waals surface area contributed by atoms with E-state index < -0.39 is 5.54 Å². The Morgan fingerprint density at radius 2 is 2.32 bits per heavy atom. The van der Waals surface area contributed by atoms with Gasteiger partial charge >= 0.3 is 0 Å². The van der Waals surface area contributed by atoms with Crippen LogP contribution in [0.2, 0.25) is 0 Å². The number of aromatic amines is 1. The van der Waals surface area contributed by atoms with E-state index in [-0.39, 0.29) is 11.5 Å². The molecule has 0 unspecified atom stereocenters. The summed E-state index contributed by atoms with van der Waals surface area (Å²) in [4.78, 5) is 29.9. The van der Waals surface area contributed by atoms with Crippen LogP contribution in [0, 0.1) is 0 Å². The maximum atomic E-state index is 12.2. The molecule has 0 saturated carbocycles. The highest BCUT2D eigenvalue weighted by Gasteiger charge is 2.29. The first kappa shape index (κ1) is 13.5. The average Bonchev–Trinajstić information content (AvgIpc) is 2.93. The second-order valence-electron chi connectivity index (χ2n) is 4.42. The molecule has 0 radical (unpaired) electrons. The number of aromatic nitrogens is 2. The molecule has 2 aromatic rings. The third kappa shape index (κ3) is 2.90. The van der Waals surface area contributed by atoms with Crippen LogP contribution in [0.3, 0.4) is 0 Å². The van der Waals surface area contributed by atoms with Gasteiger partial charge in [-0.2, -0.15) is 0 Å². The highest BCUT2D eigenvalue weighted by molar-refractivity contribution is 7.09. The van der Waals surface area contributed by atoms with E-state index in [1.54, 1.807) is 6.20 Å². The van der Waals surface area contributed by atoms with E-state index >= 15 is 0 Å². The molecule has 0 fully saturated rings. The molecule has 2 N–H and O–H groups in total. The van der Waals surface area contributed by atoms with Crippen molar-refractivity contribution in [3.05, 3.63) is 50.8 Å². The molecule has 0 aromatic carbocycles. The molecule has 0 aliphatic carbocycles. The Kier molecular flexibility index (Phi) is 3.80. The molecule has 0 aliphatic heterocycles. The lowest BCUT2D eigenvalue weighted by molar-refractivity contribution is 0.0901. The lowest BCUT2D eigenvalue weighted by Crippen LogP contribution is -2.43. The number of H-pyrrole nitrogens is 1. The van der Waals surface area contributed by atoms with E-state index in [1.165, 1.54) is 29.7 Å². The monoisotopic (exact) mass is 277 g/mol. The molecule has 0 spiro atoms. The van der Waals surface area contributed by atoms with Crippen LogP contribution in [0.5, 0.6) is 0 Å². The number of nitrogens with one attached hydrogen (secondary N) is 2. The van der Waals surface area contributed by atoms with E-state index in [0.717, 1.165) is 11.4 Å². The van der Waals surface area contributed by atoms with Crippen LogP contribution in [0.1, 0.15) is 35.6 Å². The highest BCUT2D eigenvalue weighted by Crippen LogP contribution is 2.26. The second-order valence-corrected chi connectivity index (χ2v) is 5.31. The predicted octanol–water partition coefficient (Wildman–Crippen LogP) is 1.89. The van der Waals surface area contributed by atoms with Gasteiger partial charge in [0, 0.05) is 23.8 Å². The van der Waals surface area contributed by atoms with Crippen LogP contribution in [-0.4, -0.2) is 15.9 Å². The lowest BCUT2D eigenvalue weighted by Gasteiger charge is -2.27. The normalized spacial score (nSPS) is 13.8. The van der Waals surface area contributed by atoms with Gasteiger partial charge in [0.1, 0.15) is 5.01 Å². The SMILES string of the molecule is CC[C@](C)(NC(=O)c1ccc(=O)[nH]c1)c1nccs1. The van der Waals surface area contributed by atoms with Crippen molar-refractivity contribution in [3.8, 4) is 0 Å². The maximum Gasteiger partial charge on any atom is 0.253 e. The summed E-state index contributed by atoms with van der Waals surface area (Å²) in [6.07, 6.45) is 3.87. The zero-order valence-electron chi connectivity index (χ0n) is 10.8. The van der Waals surface area contributed by atoms with Gasteiger partial charge in [0.2, 0.25) is 5.56 Å². The van der Waals surface area contributed by atoms with Crippen LogP contribution < -0.4 is 10.9 Å². The van der Waals surface area contributed by atoms with Crippen molar-refractivity contribution in [1.29, 1.82) is 0 Å². The van der Waals surface area contributed by atoms with Gasteiger partial charge in [-0.15, -0.1) is 11.3 Å². The Balaban J connectivity index is 2.21. The van der Waals surface area contributed by atoms with E-state index in [9.17, 15) is 9.59 Å². The molecule has 2 heterocycles. The van der Waals surface area contributed by atoms with Crippen molar-refractivity contribution in [2.45, 2.75) is 25.8 Å². The number of thiazole rings is 1. The minimum absolute atomic E-state index is 0.226. The van der Waals surface area contributed by atoms with Gasteiger partial charge in [-0.1, -0.05) is 6.92 Å². The summed E-state index contributed by atoms with van der Waals surface area (Å²) in [6.45, 7) is 3.93. The minimum atomic E-state index is -0.499. The average molecular weight is 277 g/mol. The molecular formula is C13H15N3O2S. The van der Waals surface area contributed by atoms with Crippen LogP contribution in [0.25, 0.3) is 0 Å². The van der Waals surface area contributed by atoms with E-state index in [4.69, 9.17) is 0 Å². The molecule has 1 atom stereocenters. The van der Waals surface area contributed by atoms with E-state index in [2.05, 4.69) is 15.3 Å². The third-order valence-electron chi connectivity index (χ3n) is 3.05. The van der Waals surface area contributed by atoms with Gasteiger partial charge < -0.3 is 10.3 Å². The number of amides is 1. The zero-order chi connectivity index (χ0) is 13.9. The number of carbonyl (C=O) groups excluding carboxylic acids is 1. The van der Waals surface area contributed by atoms with Crippen LogP contribution in [-0.2, 0) is 5.54 Å². The Morgan fingerprint density at radius 3 is 2.84 bits per heavy atom. The summed E-state index contributed by atoms with van der Waals surface area (Å²) >= 11 is 1.51. The first-order chi connectivity index (χ1) is 9.05. The number of rotatable bonds is 4. The van der Waals surface area contributed by atoms with Crippen molar-refractivity contribution in [1.82, 2.24) is 15.3 Å². The Morgan fingerprint density at radius 1 is 1.53 bits per heavy atom. The molecule has 2 aromatic heterocycles. The third-order valence-corrected chi connectivity index (χ3v) is 4.08. The second kappa shape index (κ2) is 5.36. The largest absolute Gasteiger partial charge is 0.340 e. The summed E-state index contributed by atoms with van der Waals surface area (Å²) in [6, 6.07) is 2.84. The zero-order valence-corrected chi connectivity index (χ0v) is 11.6. The van der Waals surface area contributed by atoms with Gasteiger partial charge in [0.05, 0.1) is 11.1 Å². The van der Waals surface area contributed by atoms with Crippen molar-refractivity contribution in [3.63, 3.8) is 0 Å². The lowest BCUT2D eigenvalue weighted by atomic mass is 9.99. The Bertz CT molecular complexity index is 601. The topological polar surface area (TPSA) is 74.8 Å². The summed E-state index contributed by atoms with van der Waals surface area (Å²) in [5.41, 5.74) is -0.299. The summed E-state index contributed by atoms with van der Waals surface area (Å²) in [5.74, 6) is -0.226. The molecule has 19 heavy (non-hydrogen) atoms. The summed E-state index contributed by atoms with van der Waals surface area (Å²) in [5, 5.41) is 5.72. The predicted molar refractivity (Wildman–Crippen MR) is 74.3 cm³/mol. The molecule has 1 amide bonds. The molecule has 0 saturated heterocycles. The van der Waals surface area contributed by atoms with Gasteiger partial charge in [-0.25, -0.2) is 4.98 Å². The van der Waals surface area contributed by atoms with Gasteiger partial charge in [-0.3, -0.25) is 9.59 Å². The molecule has 0 bridgehead atoms. The number of pyridine rings is 1. The highest BCUT2D eigenvalue weighted by atomic mass is 32.1. The standard InChI is InChI=1S/C13H15N3O2S/c1-3-13(2,12-14-6-7-19-12)16-11(18)9-4-5-10(17)15-8-9/h4-8H,3H2,1-2H3,(H,15,17)(H,16,18)/t13-/m0/s1. The smallest absolute Gasteiger partial charge is 0.253 e. The quantitative estimate of drug-likeness (QED) is 0.896. The van der Waals surface area contributed by atoms with Gasteiger partial charge in [0.15, 0.2) is 0 Å². The Hall–Kier alpha value is -1.95. The van der Waals surface area contributed by atoms with Crippen molar-refractivity contribution < 1.29 is 4.79 Å². The summed E-state index contributed by atoms with van der Waals surface area (Å²) < 4.78 is 0. The summed E-state index contributed by atoms with van der Waals surface area (Å²) in [7, 11) is 0. The van der Waals surface area contributed by atoms with Crippen molar-refractivity contribution in [2.24, 2.45) is 0 Å². The van der Waals surface area contributed by atoms with Crippen LogP contribution >= 0.6 is 11.3 Å². The van der Waals surface area contributed by atoms with E-state index in [1.807, 2.05) is 19.2 Å². The molecule has 5 nitrogen and oxygen atoms in total. The molecule has 6 heteroatoms. The van der Waals surface area contributed by atoms with Crippen molar-refractivity contribution in [2.75, 3.05) is 0 Å². The molecule has 100 valence electrons. The minimum Gasteiger partial charge on any atom is -0.340 e. The first-order valence-electron chi connectivity index (χ1n) is 5.96. The van der Waals surface area contributed by atoms with Crippen LogP contribution in [0.15, 0.2) is 34.7 Å². The van der Waals surface area contributed by atoms with Crippen molar-refractivity contribution >= 4 is 17.2 Å².